The van der Waals surface area contributed by atoms with Gasteiger partial charge >= 0.3 is 0 Å². The molecule has 8 nitrogen and oxygen atoms in total. The Morgan fingerprint density at radius 3 is 2.10 bits per heavy atom. The molecule has 220 valence electrons. The lowest BCUT2D eigenvalue weighted by atomic mass is 10.1. The predicted molar refractivity (Wildman–Crippen MR) is 163 cm³/mol. The number of benzene rings is 3. The third-order valence-electron chi connectivity index (χ3n) is 6.23. The van der Waals surface area contributed by atoms with Crippen LogP contribution in [-0.2, 0) is 26.2 Å². The lowest BCUT2D eigenvalue weighted by Gasteiger charge is -2.33. The zero-order valence-electron chi connectivity index (χ0n) is 23.9. The minimum Gasteiger partial charge on any atom is -0.495 e. The fraction of sp³-hybridized carbons (Fsp3) is 0.333. The summed E-state index contributed by atoms with van der Waals surface area (Å²) in [4.78, 5) is 28.6. The Balaban J connectivity index is 2.10. The summed E-state index contributed by atoms with van der Waals surface area (Å²) < 4.78 is 34.5. The highest BCUT2D eigenvalue weighted by Gasteiger charge is 2.34. The van der Waals surface area contributed by atoms with E-state index in [-0.39, 0.29) is 33.8 Å². The van der Waals surface area contributed by atoms with E-state index in [1.54, 1.807) is 49.4 Å². The Morgan fingerprint density at radius 2 is 1.54 bits per heavy atom. The molecule has 0 heterocycles. The molecule has 0 fully saturated rings. The summed E-state index contributed by atoms with van der Waals surface area (Å²) in [5, 5.41) is 3.68. The van der Waals surface area contributed by atoms with Crippen molar-refractivity contribution in [3.8, 4) is 5.75 Å². The van der Waals surface area contributed by atoms with Crippen LogP contribution in [0, 0.1) is 6.92 Å². The molecule has 0 saturated heterocycles. The van der Waals surface area contributed by atoms with Crippen LogP contribution in [0.5, 0.6) is 5.75 Å². The first-order valence-corrected chi connectivity index (χ1v) is 15.1. The average Bonchev–Trinajstić information content (AvgIpc) is 2.90. The summed E-state index contributed by atoms with van der Waals surface area (Å²) in [6.45, 7) is 8.39. The number of rotatable bonds is 10. The van der Waals surface area contributed by atoms with Crippen LogP contribution < -0.4 is 14.4 Å². The van der Waals surface area contributed by atoms with Gasteiger partial charge in [0, 0.05) is 22.1 Å². The number of ether oxygens (including phenoxy) is 1. The molecule has 3 rings (SSSR count). The summed E-state index contributed by atoms with van der Waals surface area (Å²) in [6, 6.07) is 16.8. The van der Waals surface area contributed by atoms with Crippen molar-refractivity contribution in [2.45, 2.75) is 57.6 Å². The molecule has 11 heteroatoms. The SMILES string of the molecule is COc1ccc(Cl)cc1N(CC(=O)N(Cc1ccc(Cl)cc1)[C@H](C)C(=O)NC(C)(C)C)S(=O)(=O)c1ccc(C)cc1. The standard InChI is InChI=1S/C30H35Cl2N3O5S/c1-20-7-14-25(15-8-20)41(38,39)35(26-17-24(32)13-16-27(26)40-6)19-28(36)34(18-22-9-11-23(31)12-10-22)21(2)29(37)33-30(3,4)5/h7-17,21H,18-19H2,1-6H3,(H,33,37)/t21-/m1/s1. The molecule has 41 heavy (non-hydrogen) atoms. The summed E-state index contributed by atoms with van der Waals surface area (Å²) >= 11 is 12.3. The number of sulfonamides is 1. The predicted octanol–water partition coefficient (Wildman–Crippen LogP) is 5.84. The van der Waals surface area contributed by atoms with Crippen LogP contribution in [0.4, 0.5) is 5.69 Å². The first-order chi connectivity index (χ1) is 19.1. The van der Waals surface area contributed by atoms with Gasteiger partial charge in [0.2, 0.25) is 11.8 Å². The van der Waals surface area contributed by atoms with Crippen LogP contribution in [0.25, 0.3) is 0 Å². The molecule has 1 atom stereocenters. The Bertz CT molecular complexity index is 1490. The van der Waals surface area contributed by atoms with Gasteiger partial charge in [-0.05, 0) is 82.6 Å². The van der Waals surface area contributed by atoms with E-state index < -0.39 is 34.1 Å². The monoisotopic (exact) mass is 619 g/mol. The number of nitrogens with one attached hydrogen (secondary N) is 1. The maximum Gasteiger partial charge on any atom is 0.264 e. The van der Waals surface area contributed by atoms with Crippen molar-refractivity contribution in [1.29, 1.82) is 0 Å². The number of hydrogen-bond acceptors (Lipinski definition) is 5. The van der Waals surface area contributed by atoms with E-state index in [1.807, 2.05) is 27.7 Å². The average molecular weight is 621 g/mol. The van der Waals surface area contributed by atoms with Crippen molar-refractivity contribution >= 4 is 50.7 Å². The van der Waals surface area contributed by atoms with E-state index in [1.165, 1.54) is 36.3 Å². The highest BCUT2D eigenvalue weighted by atomic mass is 35.5. The number of amides is 2. The summed E-state index contributed by atoms with van der Waals surface area (Å²) in [7, 11) is -2.87. The van der Waals surface area contributed by atoms with Crippen LogP contribution in [0.3, 0.4) is 0 Å². The van der Waals surface area contributed by atoms with Crippen molar-refractivity contribution in [1.82, 2.24) is 10.2 Å². The minimum atomic E-state index is -4.27. The lowest BCUT2D eigenvalue weighted by molar-refractivity contribution is -0.140. The van der Waals surface area contributed by atoms with Crippen LogP contribution in [0.1, 0.15) is 38.8 Å². The van der Waals surface area contributed by atoms with Gasteiger partial charge in [-0.1, -0.05) is 53.0 Å². The Hall–Kier alpha value is -3.27. The summed E-state index contributed by atoms with van der Waals surface area (Å²) in [5.74, 6) is -0.775. The maximum atomic E-state index is 14.1. The molecule has 0 bridgehead atoms. The molecule has 0 unspecified atom stereocenters. The number of anilines is 1. The van der Waals surface area contributed by atoms with Gasteiger partial charge < -0.3 is 15.0 Å². The summed E-state index contributed by atoms with van der Waals surface area (Å²) in [6.07, 6.45) is 0. The van der Waals surface area contributed by atoms with E-state index in [4.69, 9.17) is 27.9 Å². The number of nitrogens with zero attached hydrogens (tertiary/aromatic N) is 2. The maximum absolute atomic E-state index is 14.1. The quantitative estimate of drug-likeness (QED) is 0.308. The van der Waals surface area contributed by atoms with Gasteiger partial charge in [0.1, 0.15) is 18.3 Å². The molecule has 2 amide bonds. The van der Waals surface area contributed by atoms with E-state index in [0.717, 1.165) is 9.87 Å². The van der Waals surface area contributed by atoms with Gasteiger partial charge in [-0.3, -0.25) is 13.9 Å². The topological polar surface area (TPSA) is 96.0 Å². The van der Waals surface area contributed by atoms with Crippen LogP contribution in [0.15, 0.2) is 71.6 Å². The molecule has 0 aromatic heterocycles. The first-order valence-electron chi connectivity index (χ1n) is 12.9. The second kappa shape index (κ2) is 13.1. The van der Waals surface area contributed by atoms with Gasteiger partial charge in [-0.25, -0.2) is 8.42 Å². The molecule has 0 aliphatic rings. The number of aryl methyl sites for hydroxylation is 1. The van der Waals surface area contributed by atoms with Gasteiger partial charge in [-0.2, -0.15) is 0 Å². The van der Waals surface area contributed by atoms with E-state index >= 15 is 0 Å². The van der Waals surface area contributed by atoms with E-state index in [0.29, 0.717) is 10.6 Å². The molecule has 0 aliphatic carbocycles. The van der Waals surface area contributed by atoms with Crippen molar-refractivity contribution < 1.29 is 22.7 Å². The van der Waals surface area contributed by atoms with Crippen LogP contribution in [-0.4, -0.2) is 50.4 Å². The third kappa shape index (κ3) is 8.38. The van der Waals surface area contributed by atoms with Gasteiger partial charge in [-0.15, -0.1) is 0 Å². The molecule has 3 aromatic rings. The fourth-order valence-corrected chi connectivity index (χ4v) is 5.76. The highest BCUT2D eigenvalue weighted by Crippen LogP contribution is 2.35. The zero-order valence-corrected chi connectivity index (χ0v) is 26.3. The Labute approximate surface area is 252 Å². The molecule has 1 N–H and O–H groups in total. The molecular weight excluding hydrogens is 585 g/mol. The molecular formula is C30H35Cl2N3O5S. The van der Waals surface area contributed by atoms with Crippen LogP contribution in [0.2, 0.25) is 10.0 Å². The second-order valence-corrected chi connectivity index (χ2v) is 13.4. The number of methoxy groups -OCH3 is 1. The minimum absolute atomic E-state index is 0.0132. The Kier molecular flexibility index (Phi) is 10.3. The zero-order chi connectivity index (χ0) is 30.5. The molecule has 0 aliphatic heterocycles. The van der Waals surface area contributed by atoms with Crippen LogP contribution >= 0.6 is 23.2 Å². The van der Waals surface area contributed by atoms with Crippen molar-refractivity contribution in [3.63, 3.8) is 0 Å². The number of carbonyl (C=O) groups excluding carboxylic acids is 2. The van der Waals surface area contributed by atoms with Crippen molar-refractivity contribution in [3.05, 3.63) is 87.9 Å². The molecule has 0 saturated carbocycles. The smallest absolute Gasteiger partial charge is 0.264 e. The fourth-order valence-electron chi connectivity index (χ4n) is 4.05. The van der Waals surface area contributed by atoms with Crippen molar-refractivity contribution in [2.75, 3.05) is 18.0 Å². The molecule has 0 spiro atoms. The van der Waals surface area contributed by atoms with E-state index in [9.17, 15) is 18.0 Å². The van der Waals surface area contributed by atoms with Gasteiger partial charge in [0.25, 0.3) is 10.0 Å². The number of halogens is 2. The normalized spacial score (nSPS) is 12.4. The molecule has 0 radical (unpaired) electrons. The number of carbonyl (C=O) groups is 2. The largest absolute Gasteiger partial charge is 0.495 e. The molecule has 3 aromatic carbocycles. The third-order valence-corrected chi connectivity index (χ3v) is 8.49. The van der Waals surface area contributed by atoms with Gasteiger partial charge in [0.05, 0.1) is 17.7 Å². The summed E-state index contributed by atoms with van der Waals surface area (Å²) in [5.41, 5.74) is 1.13. The number of hydrogen-bond donors (Lipinski definition) is 1. The Morgan fingerprint density at radius 1 is 0.951 bits per heavy atom. The lowest BCUT2D eigenvalue weighted by Crippen LogP contribution is -2.54. The van der Waals surface area contributed by atoms with Crippen molar-refractivity contribution in [2.24, 2.45) is 0 Å². The van der Waals surface area contributed by atoms with E-state index in [2.05, 4.69) is 5.32 Å². The van der Waals surface area contributed by atoms with Gasteiger partial charge in [0.15, 0.2) is 0 Å². The highest BCUT2D eigenvalue weighted by molar-refractivity contribution is 7.92. The second-order valence-electron chi connectivity index (χ2n) is 10.7. The first kappa shape index (κ1) is 32.2.